The fourth-order valence-electron chi connectivity index (χ4n) is 3.92. The third-order valence-electron chi connectivity index (χ3n) is 5.96. The molecule has 0 aromatic heterocycles. The van der Waals surface area contributed by atoms with E-state index >= 15 is 0 Å². The predicted molar refractivity (Wildman–Crippen MR) is 155 cm³/mol. The van der Waals surface area contributed by atoms with Crippen LogP contribution in [0.4, 0.5) is 0 Å². The standard InChI is InChI=1S/C30H28N4O4S/c1-4-36-26-18-21(9-14-25(26)38-16-15-37-23-12-7-20(3)8-13-23)17-24-27(31)34-30(32-28(24)35)39-29(33-34)22-10-5-19(2)6-11-22/h5-14,17-18,31H,4,15-16H2,1-3H3. The molecule has 0 saturated heterocycles. The number of thioether (sulfide) groups is 1. The number of ether oxygens (including phenoxy) is 3. The van der Waals surface area contributed by atoms with E-state index in [0.29, 0.717) is 47.1 Å². The van der Waals surface area contributed by atoms with Crippen molar-refractivity contribution in [2.45, 2.75) is 20.8 Å². The number of carbonyl (C=O) groups is 1. The zero-order valence-corrected chi connectivity index (χ0v) is 22.7. The van der Waals surface area contributed by atoms with Crippen LogP contribution in [-0.4, -0.2) is 46.8 Å². The number of amides is 1. The van der Waals surface area contributed by atoms with Gasteiger partial charge in [-0.15, -0.1) is 0 Å². The van der Waals surface area contributed by atoms with Gasteiger partial charge in [0.05, 0.1) is 12.2 Å². The van der Waals surface area contributed by atoms with Gasteiger partial charge in [-0.2, -0.15) is 15.1 Å². The first-order valence-corrected chi connectivity index (χ1v) is 13.4. The lowest BCUT2D eigenvalue weighted by atomic mass is 10.1. The van der Waals surface area contributed by atoms with E-state index < -0.39 is 5.91 Å². The van der Waals surface area contributed by atoms with Crippen molar-refractivity contribution in [1.82, 2.24) is 5.01 Å². The largest absolute Gasteiger partial charge is 0.490 e. The second kappa shape index (κ2) is 11.6. The Hall–Kier alpha value is -4.37. The second-order valence-electron chi connectivity index (χ2n) is 8.94. The first-order chi connectivity index (χ1) is 18.9. The fraction of sp³-hybridized carbons (Fsp3) is 0.200. The zero-order chi connectivity index (χ0) is 27.4. The van der Waals surface area contributed by atoms with Gasteiger partial charge in [-0.1, -0.05) is 53.6 Å². The topological polar surface area (TPSA) is 96.6 Å². The maximum atomic E-state index is 12.9. The molecule has 5 rings (SSSR count). The Morgan fingerprint density at radius 3 is 2.31 bits per heavy atom. The Morgan fingerprint density at radius 1 is 0.897 bits per heavy atom. The summed E-state index contributed by atoms with van der Waals surface area (Å²) in [5.74, 6) is 1.39. The summed E-state index contributed by atoms with van der Waals surface area (Å²) in [4.78, 5) is 17.1. The van der Waals surface area contributed by atoms with Crippen LogP contribution in [0.1, 0.15) is 29.2 Å². The minimum absolute atomic E-state index is 0.0221. The molecule has 0 unspecified atom stereocenters. The number of benzene rings is 3. The summed E-state index contributed by atoms with van der Waals surface area (Å²) in [6.07, 6.45) is 1.63. The number of nitrogens with one attached hydrogen (secondary N) is 1. The van der Waals surface area contributed by atoms with Crippen molar-refractivity contribution in [2.24, 2.45) is 10.1 Å². The monoisotopic (exact) mass is 540 g/mol. The van der Waals surface area contributed by atoms with Crippen molar-refractivity contribution in [3.63, 3.8) is 0 Å². The van der Waals surface area contributed by atoms with Crippen LogP contribution in [0.15, 0.2) is 82.4 Å². The molecule has 0 radical (unpaired) electrons. The van der Waals surface area contributed by atoms with Gasteiger partial charge in [0.25, 0.3) is 5.91 Å². The summed E-state index contributed by atoms with van der Waals surface area (Å²) in [5.41, 5.74) is 4.06. The highest BCUT2D eigenvalue weighted by Gasteiger charge is 2.36. The van der Waals surface area contributed by atoms with Crippen molar-refractivity contribution in [3.8, 4) is 17.2 Å². The molecular formula is C30H28N4O4S. The van der Waals surface area contributed by atoms with Crippen LogP contribution in [0.25, 0.3) is 6.08 Å². The number of hydrazone groups is 1. The molecule has 2 aliphatic rings. The number of aryl methyl sites for hydroxylation is 2. The molecule has 1 amide bonds. The van der Waals surface area contributed by atoms with E-state index in [1.54, 1.807) is 18.2 Å². The minimum atomic E-state index is -0.481. The van der Waals surface area contributed by atoms with Gasteiger partial charge in [-0.25, -0.2) is 0 Å². The summed E-state index contributed by atoms with van der Waals surface area (Å²) < 4.78 is 17.4. The Morgan fingerprint density at radius 2 is 1.59 bits per heavy atom. The average Bonchev–Trinajstić information content (AvgIpc) is 3.35. The maximum absolute atomic E-state index is 12.9. The van der Waals surface area contributed by atoms with E-state index in [-0.39, 0.29) is 11.4 Å². The molecule has 3 aromatic rings. The molecular weight excluding hydrogens is 512 g/mol. The third-order valence-corrected chi connectivity index (χ3v) is 6.92. The quantitative estimate of drug-likeness (QED) is 0.271. The van der Waals surface area contributed by atoms with E-state index in [1.807, 2.05) is 75.4 Å². The van der Waals surface area contributed by atoms with E-state index in [4.69, 9.17) is 19.6 Å². The molecule has 0 aliphatic carbocycles. The number of hydrogen-bond acceptors (Lipinski definition) is 7. The number of carbonyl (C=O) groups excluding carboxylic acids is 1. The molecule has 0 bridgehead atoms. The Balaban J connectivity index is 1.30. The number of fused-ring (bicyclic) bond motifs is 1. The predicted octanol–water partition coefficient (Wildman–Crippen LogP) is 5.83. The van der Waals surface area contributed by atoms with E-state index in [9.17, 15) is 4.79 Å². The van der Waals surface area contributed by atoms with Crippen LogP contribution in [0, 0.1) is 19.3 Å². The van der Waals surface area contributed by atoms with Gasteiger partial charge < -0.3 is 14.2 Å². The molecule has 0 atom stereocenters. The van der Waals surface area contributed by atoms with E-state index in [0.717, 1.165) is 16.9 Å². The van der Waals surface area contributed by atoms with E-state index in [1.165, 1.54) is 22.3 Å². The molecule has 2 aliphatic heterocycles. The number of rotatable bonds is 9. The van der Waals surface area contributed by atoms with Crippen molar-refractivity contribution in [2.75, 3.05) is 19.8 Å². The molecule has 0 saturated carbocycles. The summed E-state index contributed by atoms with van der Waals surface area (Å²) in [5, 5.41) is 15.7. The SMILES string of the molecule is CCOc1cc(C=C2C(=N)N3N=C(c4ccc(C)cc4)SC3=NC2=O)ccc1OCCOc1ccc(C)cc1. The summed E-state index contributed by atoms with van der Waals surface area (Å²) >= 11 is 1.28. The van der Waals surface area contributed by atoms with Crippen molar-refractivity contribution in [1.29, 1.82) is 5.41 Å². The van der Waals surface area contributed by atoms with Gasteiger partial charge in [0.2, 0.25) is 5.17 Å². The van der Waals surface area contributed by atoms with Gasteiger partial charge in [-0.3, -0.25) is 10.2 Å². The number of nitrogens with zero attached hydrogens (tertiary/aromatic N) is 3. The Kier molecular flexibility index (Phi) is 7.79. The first-order valence-electron chi connectivity index (χ1n) is 12.6. The maximum Gasteiger partial charge on any atom is 0.283 e. The molecule has 39 heavy (non-hydrogen) atoms. The normalized spacial score (nSPS) is 15.7. The van der Waals surface area contributed by atoms with Crippen LogP contribution in [0.5, 0.6) is 17.2 Å². The molecule has 1 N–H and O–H groups in total. The van der Waals surface area contributed by atoms with Crippen LogP contribution in [0.2, 0.25) is 0 Å². The third kappa shape index (κ3) is 6.04. The molecule has 198 valence electrons. The van der Waals surface area contributed by atoms with Crippen molar-refractivity contribution in [3.05, 3.63) is 94.6 Å². The first kappa shape index (κ1) is 26.2. The second-order valence-corrected chi connectivity index (χ2v) is 9.90. The Labute approximate surface area is 231 Å². The van der Waals surface area contributed by atoms with Gasteiger partial charge >= 0.3 is 0 Å². The smallest absolute Gasteiger partial charge is 0.283 e. The fourth-order valence-corrected chi connectivity index (χ4v) is 4.82. The lowest BCUT2D eigenvalue weighted by Gasteiger charge is -2.20. The number of amidine groups is 2. The zero-order valence-electron chi connectivity index (χ0n) is 21.9. The number of hydrogen-bond donors (Lipinski definition) is 1. The van der Waals surface area contributed by atoms with Gasteiger partial charge in [0.15, 0.2) is 17.3 Å². The average molecular weight is 541 g/mol. The summed E-state index contributed by atoms with van der Waals surface area (Å²) in [7, 11) is 0. The van der Waals surface area contributed by atoms with Crippen LogP contribution >= 0.6 is 11.8 Å². The van der Waals surface area contributed by atoms with Crippen LogP contribution in [-0.2, 0) is 4.79 Å². The summed E-state index contributed by atoms with van der Waals surface area (Å²) in [6.45, 7) is 7.10. The van der Waals surface area contributed by atoms with Crippen molar-refractivity contribution < 1.29 is 19.0 Å². The highest BCUT2D eigenvalue weighted by atomic mass is 32.2. The van der Waals surface area contributed by atoms with Crippen molar-refractivity contribution >= 4 is 39.8 Å². The van der Waals surface area contributed by atoms with Crippen LogP contribution in [0.3, 0.4) is 0 Å². The van der Waals surface area contributed by atoms with Gasteiger partial charge in [0.1, 0.15) is 24.0 Å². The lowest BCUT2D eigenvalue weighted by Crippen LogP contribution is -2.35. The molecule has 0 spiro atoms. The van der Waals surface area contributed by atoms with Gasteiger partial charge in [-0.05, 0) is 68.4 Å². The highest BCUT2D eigenvalue weighted by Crippen LogP contribution is 2.33. The lowest BCUT2D eigenvalue weighted by molar-refractivity contribution is -0.114. The molecule has 3 aromatic carbocycles. The molecule has 0 fully saturated rings. The van der Waals surface area contributed by atoms with E-state index in [2.05, 4.69) is 10.1 Å². The van der Waals surface area contributed by atoms with Gasteiger partial charge in [0, 0.05) is 5.56 Å². The number of aliphatic imine (C=N–C) groups is 1. The Bertz CT molecular complexity index is 1490. The molecule has 8 nitrogen and oxygen atoms in total. The summed E-state index contributed by atoms with van der Waals surface area (Å²) in [6, 6.07) is 21.2. The molecule has 9 heteroatoms. The highest BCUT2D eigenvalue weighted by molar-refractivity contribution is 8.27. The molecule has 2 heterocycles. The van der Waals surface area contributed by atoms with Crippen LogP contribution < -0.4 is 14.2 Å². The minimum Gasteiger partial charge on any atom is -0.490 e.